The van der Waals surface area contributed by atoms with Gasteiger partial charge in [0.2, 0.25) is 0 Å². The standard InChI is InChI=1S/C17H18F3N3/c18-17(19,20)14-6-5-13-10-22-16(23-15(13)8-7-14)12-3-1-11(9-21)2-4-12/h1-4,10,14H,5-9,21H2. The average molecular weight is 321 g/mol. The molecule has 23 heavy (non-hydrogen) atoms. The Hall–Kier alpha value is -1.95. The van der Waals surface area contributed by atoms with Crippen LogP contribution in [0.4, 0.5) is 13.2 Å². The first-order chi connectivity index (χ1) is 11.0. The van der Waals surface area contributed by atoms with Crippen molar-refractivity contribution in [3.05, 3.63) is 47.3 Å². The number of rotatable bonds is 2. The summed E-state index contributed by atoms with van der Waals surface area (Å²) in [5.74, 6) is -0.693. The van der Waals surface area contributed by atoms with Crippen molar-refractivity contribution in [2.75, 3.05) is 0 Å². The molecule has 1 aromatic heterocycles. The maximum atomic E-state index is 12.9. The maximum Gasteiger partial charge on any atom is 0.391 e. The minimum absolute atomic E-state index is 0.0963. The predicted molar refractivity (Wildman–Crippen MR) is 81.5 cm³/mol. The van der Waals surface area contributed by atoms with Gasteiger partial charge in [-0.15, -0.1) is 0 Å². The molecule has 2 N–H and O–H groups in total. The van der Waals surface area contributed by atoms with Crippen molar-refractivity contribution >= 4 is 0 Å². The summed E-state index contributed by atoms with van der Waals surface area (Å²) in [6.45, 7) is 0.462. The lowest BCUT2D eigenvalue weighted by Gasteiger charge is -2.17. The van der Waals surface area contributed by atoms with Crippen LogP contribution in [0.2, 0.25) is 0 Å². The SMILES string of the molecule is NCc1ccc(-c2ncc3c(n2)CCC(C(F)(F)F)CC3)cc1. The highest BCUT2D eigenvalue weighted by atomic mass is 19.4. The normalized spacial score (nSPS) is 18.3. The van der Waals surface area contributed by atoms with Crippen LogP contribution in [0, 0.1) is 5.92 Å². The molecular formula is C17H18F3N3. The summed E-state index contributed by atoms with van der Waals surface area (Å²) in [7, 11) is 0. The molecule has 0 saturated carbocycles. The van der Waals surface area contributed by atoms with Gasteiger partial charge in [-0.3, -0.25) is 0 Å². The van der Waals surface area contributed by atoms with Crippen LogP contribution in [0.1, 0.15) is 29.7 Å². The molecule has 0 radical (unpaired) electrons. The molecule has 0 fully saturated rings. The molecule has 1 aliphatic carbocycles. The third-order valence-electron chi connectivity index (χ3n) is 4.36. The molecule has 2 aromatic rings. The van der Waals surface area contributed by atoms with Crippen LogP contribution in [-0.2, 0) is 19.4 Å². The van der Waals surface area contributed by atoms with Gasteiger partial charge in [0.15, 0.2) is 5.82 Å². The van der Waals surface area contributed by atoms with Crippen molar-refractivity contribution in [3.63, 3.8) is 0 Å². The number of aryl methyl sites for hydroxylation is 2. The van der Waals surface area contributed by atoms with E-state index in [0.717, 1.165) is 22.4 Å². The first-order valence-electron chi connectivity index (χ1n) is 7.68. The van der Waals surface area contributed by atoms with Crippen LogP contribution in [0.15, 0.2) is 30.5 Å². The van der Waals surface area contributed by atoms with E-state index < -0.39 is 12.1 Å². The third-order valence-corrected chi connectivity index (χ3v) is 4.36. The molecule has 1 heterocycles. The lowest BCUT2D eigenvalue weighted by Crippen LogP contribution is -2.22. The van der Waals surface area contributed by atoms with Gasteiger partial charge in [0.05, 0.1) is 5.92 Å². The summed E-state index contributed by atoms with van der Waals surface area (Å²) in [6, 6.07) is 7.59. The number of alkyl halides is 3. The van der Waals surface area contributed by atoms with Crippen molar-refractivity contribution in [1.29, 1.82) is 0 Å². The zero-order valence-electron chi connectivity index (χ0n) is 12.6. The van der Waals surface area contributed by atoms with E-state index in [1.807, 2.05) is 24.3 Å². The summed E-state index contributed by atoms with van der Waals surface area (Å²) in [4.78, 5) is 8.83. The molecule has 1 unspecified atom stereocenters. The Morgan fingerprint density at radius 2 is 1.78 bits per heavy atom. The molecule has 1 aromatic carbocycles. The van der Waals surface area contributed by atoms with Crippen LogP contribution in [0.25, 0.3) is 11.4 Å². The van der Waals surface area contributed by atoms with Gasteiger partial charge in [-0.05, 0) is 36.8 Å². The molecular weight excluding hydrogens is 303 g/mol. The molecule has 122 valence electrons. The van der Waals surface area contributed by atoms with E-state index in [1.54, 1.807) is 6.20 Å². The van der Waals surface area contributed by atoms with Gasteiger partial charge in [-0.1, -0.05) is 24.3 Å². The summed E-state index contributed by atoms with van der Waals surface area (Å²) < 4.78 is 38.7. The van der Waals surface area contributed by atoms with E-state index in [-0.39, 0.29) is 12.8 Å². The fraction of sp³-hybridized carbons (Fsp3) is 0.412. The van der Waals surface area contributed by atoms with E-state index >= 15 is 0 Å². The predicted octanol–water partition coefficient (Wildman–Crippen LogP) is 3.66. The van der Waals surface area contributed by atoms with Gasteiger partial charge in [0.25, 0.3) is 0 Å². The van der Waals surface area contributed by atoms with E-state index in [1.165, 1.54) is 0 Å². The number of halogens is 3. The number of nitrogens with two attached hydrogens (primary N) is 1. The third kappa shape index (κ3) is 3.52. The van der Waals surface area contributed by atoms with Gasteiger partial charge in [-0.2, -0.15) is 13.2 Å². The number of hydrogen-bond donors (Lipinski definition) is 1. The maximum absolute atomic E-state index is 12.9. The molecule has 0 bridgehead atoms. The largest absolute Gasteiger partial charge is 0.391 e. The molecule has 1 atom stereocenters. The van der Waals surface area contributed by atoms with Crippen molar-refractivity contribution in [2.24, 2.45) is 11.7 Å². The minimum Gasteiger partial charge on any atom is -0.326 e. The van der Waals surface area contributed by atoms with Crippen LogP contribution in [-0.4, -0.2) is 16.1 Å². The van der Waals surface area contributed by atoms with E-state index in [2.05, 4.69) is 9.97 Å². The lowest BCUT2D eigenvalue weighted by atomic mass is 9.99. The Balaban J connectivity index is 1.84. The van der Waals surface area contributed by atoms with Crippen LogP contribution in [0.5, 0.6) is 0 Å². The smallest absolute Gasteiger partial charge is 0.326 e. The van der Waals surface area contributed by atoms with Gasteiger partial charge < -0.3 is 5.73 Å². The van der Waals surface area contributed by atoms with E-state index in [0.29, 0.717) is 25.2 Å². The second-order valence-electron chi connectivity index (χ2n) is 5.88. The summed E-state index contributed by atoms with van der Waals surface area (Å²) in [6.07, 6.45) is -1.52. The molecule has 3 nitrogen and oxygen atoms in total. The minimum atomic E-state index is -4.13. The van der Waals surface area contributed by atoms with Crippen molar-refractivity contribution in [3.8, 4) is 11.4 Å². The van der Waals surface area contributed by atoms with Gasteiger partial charge in [0, 0.05) is 24.0 Å². The van der Waals surface area contributed by atoms with Gasteiger partial charge >= 0.3 is 6.18 Å². The quantitative estimate of drug-likeness (QED) is 0.859. The lowest BCUT2D eigenvalue weighted by molar-refractivity contribution is -0.177. The van der Waals surface area contributed by atoms with Gasteiger partial charge in [-0.25, -0.2) is 9.97 Å². The number of benzene rings is 1. The van der Waals surface area contributed by atoms with E-state index in [9.17, 15) is 13.2 Å². The molecule has 0 aliphatic heterocycles. The average Bonchev–Trinajstić information content (AvgIpc) is 2.76. The van der Waals surface area contributed by atoms with Crippen molar-refractivity contribution in [1.82, 2.24) is 9.97 Å². The Morgan fingerprint density at radius 3 is 2.43 bits per heavy atom. The highest BCUT2D eigenvalue weighted by Crippen LogP contribution is 2.36. The number of aromatic nitrogens is 2. The molecule has 0 saturated heterocycles. The molecule has 0 amide bonds. The summed E-state index contributed by atoms with van der Waals surface area (Å²) >= 11 is 0. The molecule has 6 heteroatoms. The van der Waals surface area contributed by atoms with Crippen molar-refractivity contribution < 1.29 is 13.2 Å². The number of nitrogens with zero attached hydrogens (tertiary/aromatic N) is 2. The second-order valence-corrected chi connectivity index (χ2v) is 5.88. The first kappa shape index (κ1) is 15.9. The molecule has 3 rings (SSSR count). The van der Waals surface area contributed by atoms with Crippen LogP contribution >= 0.6 is 0 Å². The topological polar surface area (TPSA) is 51.8 Å². The second kappa shape index (κ2) is 6.28. The Labute approximate surface area is 132 Å². The summed E-state index contributed by atoms with van der Waals surface area (Å²) in [5, 5.41) is 0. The first-order valence-corrected chi connectivity index (χ1v) is 7.68. The Morgan fingerprint density at radius 1 is 1.09 bits per heavy atom. The fourth-order valence-corrected chi connectivity index (χ4v) is 2.91. The Kier molecular flexibility index (Phi) is 4.35. The Bertz CT molecular complexity index is 680. The molecule has 1 aliphatic rings. The summed E-state index contributed by atoms with van der Waals surface area (Å²) in [5.41, 5.74) is 9.00. The molecule has 0 spiro atoms. The van der Waals surface area contributed by atoms with Gasteiger partial charge in [0.1, 0.15) is 0 Å². The zero-order valence-corrected chi connectivity index (χ0v) is 12.6. The number of fused-ring (bicyclic) bond motifs is 1. The number of hydrogen-bond acceptors (Lipinski definition) is 3. The van der Waals surface area contributed by atoms with Crippen molar-refractivity contribution in [2.45, 2.75) is 38.4 Å². The fourth-order valence-electron chi connectivity index (χ4n) is 2.91. The van der Waals surface area contributed by atoms with E-state index in [4.69, 9.17) is 5.73 Å². The zero-order chi connectivity index (χ0) is 16.4. The monoisotopic (exact) mass is 321 g/mol. The van der Waals surface area contributed by atoms with Crippen LogP contribution < -0.4 is 5.73 Å². The highest BCUT2D eigenvalue weighted by Gasteiger charge is 2.39. The van der Waals surface area contributed by atoms with Crippen LogP contribution in [0.3, 0.4) is 0 Å². The highest BCUT2D eigenvalue weighted by molar-refractivity contribution is 5.55.